The molecule has 0 aromatic carbocycles. The number of nitrogens with zero attached hydrogens (tertiary/aromatic N) is 4. The molecule has 0 radical (unpaired) electrons. The van der Waals surface area contributed by atoms with Gasteiger partial charge >= 0.3 is 12.1 Å². The number of amides is 3. The minimum Gasteiger partial charge on any atom is -0.450 e. The van der Waals surface area contributed by atoms with Crippen LogP contribution in [0.25, 0.3) is 0 Å². The Kier molecular flexibility index (Phi) is 6.52. The molecule has 32 heavy (non-hydrogen) atoms. The van der Waals surface area contributed by atoms with Gasteiger partial charge in [0, 0.05) is 44.8 Å². The van der Waals surface area contributed by atoms with E-state index in [-0.39, 0.29) is 12.1 Å². The third kappa shape index (κ3) is 4.32. The Balaban J connectivity index is 1.08. The maximum atomic E-state index is 13.1. The van der Waals surface area contributed by atoms with Gasteiger partial charge in [0.05, 0.1) is 19.8 Å². The highest BCUT2D eigenvalue weighted by Crippen LogP contribution is 2.51. The zero-order valence-electron chi connectivity index (χ0n) is 19.7. The lowest BCUT2D eigenvalue weighted by Crippen LogP contribution is -2.56. The van der Waals surface area contributed by atoms with Gasteiger partial charge in [-0.15, -0.1) is 0 Å². The van der Waals surface area contributed by atoms with Crippen molar-refractivity contribution >= 4 is 12.1 Å². The van der Waals surface area contributed by atoms with Crippen LogP contribution in [0.1, 0.15) is 51.9 Å². The molecule has 5 fully saturated rings. The van der Waals surface area contributed by atoms with Gasteiger partial charge in [-0.3, -0.25) is 0 Å². The number of piperidine rings is 1. The van der Waals surface area contributed by atoms with E-state index in [1.807, 2.05) is 16.7 Å². The van der Waals surface area contributed by atoms with E-state index in [0.29, 0.717) is 43.2 Å². The van der Waals surface area contributed by atoms with E-state index in [0.717, 1.165) is 65.1 Å². The SMILES string of the molecule is CCOC(=O)N1CCC2(CC(N3CCC([C@@H]4CCCN4C(=O)N4CCOCC4)CC3)C2)C1. The molecule has 4 heterocycles. The third-order valence-electron chi connectivity index (χ3n) is 8.76. The van der Waals surface area contributed by atoms with Gasteiger partial charge in [0.15, 0.2) is 0 Å². The molecule has 1 spiro atoms. The molecule has 180 valence electrons. The van der Waals surface area contributed by atoms with E-state index < -0.39 is 0 Å². The lowest BCUT2D eigenvalue weighted by Gasteiger charge is -2.52. The number of urea groups is 1. The van der Waals surface area contributed by atoms with Crippen molar-refractivity contribution in [2.45, 2.75) is 64.0 Å². The normalized spacial score (nSPS) is 34.2. The first-order valence-electron chi connectivity index (χ1n) is 12.9. The molecule has 1 atom stereocenters. The zero-order chi connectivity index (χ0) is 22.1. The lowest BCUT2D eigenvalue weighted by molar-refractivity contribution is -0.0157. The summed E-state index contributed by atoms with van der Waals surface area (Å²) in [5.74, 6) is 0.638. The Hall–Kier alpha value is -1.54. The molecular weight excluding hydrogens is 408 g/mol. The predicted molar refractivity (Wildman–Crippen MR) is 120 cm³/mol. The summed E-state index contributed by atoms with van der Waals surface area (Å²) in [5, 5.41) is 0. The quantitative estimate of drug-likeness (QED) is 0.664. The van der Waals surface area contributed by atoms with Crippen molar-refractivity contribution < 1.29 is 19.1 Å². The van der Waals surface area contributed by atoms with Crippen LogP contribution < -0.4 is 0 Å². The summed E-state index contributed by atoms with van der Waals surface area (Å²) in [5.41, 5.74) is 0.334. The Labute approximate surface area is 192 Å². The fourth-order valence-corrected chi connectivity index (χ4v) is 6.96. The minimum atomic E-state index is -0.138. The zero-order valence-corrected chi connectivity index (χ0v) is 19.7. The smallest absolute Gasteiger partial charge is 0.409 e. The average Bonchev–Trinajstić information content (AvgIpc) is 3.47. The molecule has 1 saturated carbocycles. The molecule has 1 aliphatic carbocycles. The van der Waals surface area contributed by atoms with Gasteiger partial charge in [0.25, 0.3) is 0 Å². The number of ether oxygens (including phenoxy) is 2. The van der Waals surface area contributed by atoms with E-state index in [1.54, 1.807) is 0 Å². The molecule has 8 heteroatoms. The van der Waals surface area contributed by atoms with Crippen LogP contribution in [0, 0.1) is 11.3 Å². The highest BCUT2D eigenvalue weighted by Gasteiger charge is 2.51. The largest absolute Gasteiger partial charge is 0.450 e. The number of hydrogen-bond donors (Lipinski definition) is 0. The Morgan fingerprint density at radius 1 is 0.969 bits per heavy atom. The summed E-state index contributed by atoms with van der Waals surface area (Å²) in [6, 6.07) is 1.34. The predicted octanol–water partition coefficient (Wildman–Crippen LogP) is 2.63. The maximum absolute atomic E-state index is 13.1. The standard InChI is InChI=1S/C24H40N4O4/c1-2-32-23(30)27-11-7-24(18-27)16-20(17-24)25-9-5-19(6-10-25)21-4-3-8-28(21)22(29)26-12-14-31-15-13-26/h19-21H,2-18H2,1H3/t20?,21-,24?/m0/s1. The van der Waals surface area contributed by atoms with Crippen molar-refractivity contribution in [1.29, 1.82) is 0 Å². The van der Waals surface area contributed by atoms with Gasteiger partial charge in [-0.2, -0.15) is 0 Å². The van der Waals surface area contributed by atoms with E-state index in [2.05, 4.69) is 9.80 Å². The number of carbonyl (C=O) groups is 2. The first-order chi connectivity index (χ1) is 15.6. The number of likely N-dealkylation sites (tertiary alicyclic amines) is 3. The lowest BCUT2D eigenvalue weighted by atomic mass is 9.64. The van der Waals surface area contributed by atoms with E-state index in [9.17, 15) is 9.59 Å². The van der Waals surface area contributed by atoms with Crippen molar-refractivity contribution in [2.24, 2.45) is 11.3 Å². The van der Waals surface area contributed by atoms with Crippen molar-refractivity contribution in [3.8, 4) is 0 Å². The summed E-state index contributed by atoms with van der Waals surface area (Å²) in [6.07, 6.45) is 8.14. The highest BCUT2D eigenvalue weighted by molar-refractivity contribution is 5.75. The molecule has 0 aromatic heterocycles. The topological polar surface area (TPSA) is 65.6 Å². The molecule has 8 nitrogen and oxygen atoms in total. The number of rotatable bonds is 3. The Bertz CT molecular complexity index is 683. The van der Waals surface area contributed by atoms with Crippen molar-refractivity contribution in [2.75, 3.05) is 65.6 Å². The molecule has 5 aliphatic rings. The summed E-state index contributed by atoms with van der Waals surface area (Å²) >= 11 is 0. The van der Waals surface area contributed by atoms with Gasteiger partial charge in [-0.05, 0) is 76.3 Å². The van der Waals surface area contributed by atoms with Crippen LogP contribution in [-0.2, 0) is 9.47 Å². The molecule has 4 aliphatic heterocycles. The van der Waals surface area contributed by atoms with Crippen LogP contribution in [0.5, 0.6) is 0 Å². The van der Waals surface area contributed by atoms with Crippen molar-refractivity contribution in [3.05, 3.63) is 0 Å². The summed E-state index contributed by atoms with van der Waals surface area (Å²) < 4.78 is 10.6. The molecule has 3 amide bonds. The second-order valence-electron chi connectivity index (χ2n) is 10.6. The third-order valence-corrected chi connectivity index (χ3v) is 8.76. The van der Waals surface area contributed by atoms with Crippen LogP contribution in [0.3, 0.4) is 0 Å². The molecule has 0 aromatic rings. The van der Waals surface area contributed by atoms with Gasteiger partial charge < -0.3 is 29.1 Å². The molecule has 0 bridgehead atoms. The fourth-order valence-electron chi connectivity index (χ4n) is 6.96. The van der Waals surface area contributed by atoms with Gasteiger partial charge in [-0.1, -0.05) is 0 Å². The second-order valence-corrected chi connectivity index (χ2v) is 10.6. The van der Waals surface area contributed by atoms with Crippen LogP contribution >= 0.6 is 0 Å². The van der Waals surface area contributed by atoms with Crippen LogP contribution in [0.15, 0.2) is 0 Å². The van der Waals surface area contributed by atoms with Gasteiger partial charge in [0.2, 0.25) is 0 Å². The number of carbonyl (C=O) groups excluding carboxylic acids is 2. The summed E-state index contributed by atoms with van der Waals surface area (Å²) in [7, 11) is 0. The van der Waals surface area contributed by atoms with Gasteiger partial charge in [-0.25, -0.2) is 9.59 Å². The van der Waals surface area contributed by atoms with Crippen molar-refractivity contribution in [1.82, 2.24) is 19.6 Å². The van der Waals surface area contributed by atoms with Crippen LogP contribution in [-0.4, -0.2) is 109 Å². The highest BCUT2D eigenvalue weighted by atomic mass is 16.6. The van der Waals surface area contributed by atoms with Crippen molar-refractivity contribution in [3.63, 3.8) is 0 Å². The Morgan fingerprint density at radius 2 is 1.72 bits per heavy atom. The molecule has 4 saturated heterocycles. The van der Waals surface area contributed by atoms with E-state index >= 15 is 0 Å². The molecule has 0 N–H and O–H groups in total. The second kappa shape index (κ2) is 9.37. The number of morpholine rings is 1. The van der Waals surface area contributed by atoms with Crippen LogP contribution in [0.2, 0.25) is 0 Å². The minimum absolute atomic E-state index is 0.138. The molecule has 5 rings (SSSR count). The first-order valence-corrected chi connectivity index (χ1v) is 12.9. The monoisotopic (exact) mass is 448 g/mol. The van der Waals surface area contributed by atoms with E-state index in [1.165, 1.54) is 25.7 Å². The summed E-state index contributed by atoms with van der Waals surface area (Å²) in [6.45, 7) is 10.1. The average molecular weight is 449 g/mol. The van der Waals surface area contributed by atoms with Gasteiger partial charge in [0.1, 0.15) is 0 Å². The van der Waals surface area contributed by atoms with Crippen LogP contribution in [0.4, 0.5) is 9.59 Å². The fraction of sp³-hybridized carbons (Fsp3) is 0.917. The van der Waals surface area contributed by atoms with E-state index in [4.69, 9.17) is 9.47 Å². The molecular formula is C24H40N4O4. The maximum Gasteiger partial charge on any atom is 0.409 e. The molecule has 0 unspecified atom stereocenters. The Morgan fingerprint density at radius 3 is 2.44 bits per heavy atom. The first kappa shape index (κ1) is 22.3. The summed E-state index contributed by atoms with van der Waals surface area (Å²) in [4.78, 5) is 33.9. The number of hydrogen-bond acceptors (Lipinski definition) is 5.